The van der Waals surface area contributed by atoms with Crippen molar-refractivity contribution < 1.29 is 15.0 Å². The van der Waals surface area contributed by atoms with Gasteiger partial charge in [0.25, 0.3) is 0 Å². The van der Waals surface area contributed by atoms with Crippen molar-refractivity contribution in [3.05, 3.63) is 23.8 Å². The zero-order valence-corrected chi connectivity index (χ0v) is 8.72. The molecule has 1 rings (SSSR count). The van der Waals surface area contributed by atoms with Crippen LogP contribution in [0.1, 0.15) is 10.4 Å². The average Bonchev–Trinajstić information content (AvgIpc) is 2.03. The molecule has 0 aliphatic carbocycles. The highest BCUT2D eigenvalue weighted by Gasteiger charge is 2.11. The summed E-state index contributed by atoms with van der Waals surface area (Å²) in [5.74, 6) is -1.19. The summed E-state index contributed by atoms with van der Waals surface area (Å²) >= 11 is 2.85. The minimum atomic E-state index is -1.09. The fourth-order valence-corrected chi connectivity index (χ4v) is 1.23. The van der Waals surface area contributed by atoms with E-state index in [2.05, 4.69) is 20.5 Å². The third kappa shape index (κ3) is 2.50. The van der Waals surface area contributed by atoms with Crippen LogP contribution in [-0.2, 0) is 0 Å². The van der Waals surface area contributed by atoms with Crippen LogP contribution in [0.2, 0.25) is 0 Å². The maximum Gasteiger partial charge on any atom is 0.337 e. The number of carboxylic acid groups (broad SMARTS) is 1. The molecule has 1 aromatic rings. The lowest BCUT2D eigenvalue weighted by Crippen LogP contribution is -1.99. The Hall–Kier alpha value is -0.940. The van der Waals surface area contributed by atoms with Crippen molar-refractivity contribution in [3.63, 3.8) is 0 Å². The van der Waals surface area contributed by atoms with Gasteiger partial charge in [-0.05, 0) is 12.1 Å². The highest BCUT2D eigenvalue weighted by atomic mass is 79.9. The van der Waals surface area contributed by atoms with Gasteiger partial charge in [-0.2, -0.15) is 0 Å². The number of aromatic carboxylic acids is 1. The molecule has 3 N–H and O–H groups in total. The van der Waals surface area contributed by atoms with Crippen LogP contribution >= 0.6 is 28.6 Å². The number of nitrogens with one attached hydrogen (secondary N) is 1. The Labute approximate surface area is 89.3 Å². The first-order valence-corrected chi connectivity index (χ1v) is 3.88. The molecule has 0 aromatic heterocycles. The SMILES string of the molecule is Cl.O=C(O)c1cccc(O)c1NBr. The second kappa shape index (κ2) is 4.94. The number of aromatic hydroxyl groups is 1. The van der Waals surface area contributed by atoms with E-state index in [4.69, 9.17) is 5.11 Å². The molecule has 4 nitrogen and oxygen atoms in total. The lowest BCUT2D eigenvalue weighted by Gasteiger charge is -2.04. The van der Waals surface area contributed by atoms with Gasteiger partial charge in [0.2, 0.25) is 0 Å². The highest BCUT2D eigenvalue weighted by Crippen LogP contribution is 2.27. The molecular formula is C7H7BrClNO3. The molecule has 0 bridgehead atoms. The number of carbonyl (C=O) groups is 1. The number of hydrogen-bond donors (Lipinski definition) is 3. The topological polar surface area (TPSA) is 69.6 Å². The van der Waals surface area contributed by atoms with Gasteiger partial charge >= 0.3 is 5.97 Å². The van der Waals surface area contributed by atoms with Crippen LogP contribution in [0.15, 0.2) is 18.2 Å². The smallest absolute Gasteiger partial charge is 0.337 e. The third-order valence-corrected chi connectivity index (χ3v) is 1.76. The van der Waals surface area contributed by atoms with Gasteiger partial charge in [0, 0.05) is 16.1 Å². The average molecular weight is 268 g/mol. The van der Waals surface area contributed by atoms with Crippen LogP contribution in [0.5, 0.6) is 5.75 Å². The van der Waals surface area contributed by atoms with Crippen LogP contribution in [0, 0.1) is 0 Å². The fraction of sp³-hybridized carbons (Fsp3) is 0. The Morgan fingerprint density at radius 1 is 1.46 bits per heavy atom. The molecular weight excluding hydrogens is 261 g/mol. The van der Waals surface area contributed by atoms with Gasteiger partial charge in [-0.15, -0.1) is 12.4 Å². The normalized spacial score (nSPS) is 8.69. The quantitative estimate of drug-likeness (QED) is 0.568. The van der Waals surface area contributed by atoms with E-state index in [1.807, 2.05) is 0 Å². The molecule has 1 aromatic carbocycles. The molecule has 13 heavy (non-hydrogen) atoms. The van der Waals surface area contributed by atoms with Gasteiger partial charge in [-0.25, -0.2) is 4.79 Å². The van der Waals surface area contributed by atoms with Crippen LogP contribution in [0.3, 0.4) is 0 Å². The van der Waals surface area contributed by atoms with Crippen LogP contribution < -0.4 is 4.34 Å². The van der Waals surface area contributed by atoms with E-state index >= 15 is 0 Å². The molecule has 72 valence electrons. The first kappa shape index (κ1) is 12.1. The van der Waals surface area contributed by atoms with E-state index in [0.29, 0.717) is 0 Å². The molecule has 0 amide bonds. The van der Waals surface area contributed by atoms with E-state index in [1.165, 1.54) is 18.2 Å². The summed E-state index contributed by atoms with van der Waals surface area (Å²) in [6.07, 6.45) is 0. The van der Waals surface area contributed by atoms with E-state index in [-0.39, 0.29) is 29.4 Å². The molecule has 6 heteroatoms. The second-order valence-electron chi connectivity index (χ2n) is 2.10. The van der Waals surface area contributed by atoms with Crippen molar-refractivity contribution in [2.24, 2.45) is 0 Å². The summed E-state index contributed by atoms with van der Waals surface area (Å²) in [7, 11) is 0. The van der Waals surface area contributed by atoms with Crippen molar-refractivity contribution >= 4 is 40.2 Å². The number of anilines is 1. The number of halogens is 2. The van der Waals surface area contributed by atoms with Crippen molar-refractivity contribution in [3.8, 4) is 5.75 Å². The molecule has 0 fully saturated rings. The maximum atomic E-state index is 10.6. The zero-order chi connectivity index (χ0) is 9.14. The summed E-state index contributed by atoms with van der Waals surface area (Å²) in [5.41, 5.74) is 0.178. The summed E-state index contributed by atoms with van der Waals surface area (Å²) < 4.78 is 2.43. The van der Waals surface area contributed by atoms with E-state index in [0.717, 1.165) is 0 Å². The van der Waals surface area contributed by atoms with Crippen molar-refractivity contribution in [2.45, 2.75) is 0 Å². The predicted molar refractivity (Wildman–Crippen MR) is 54.9 cm³/mol. The molecule has 0 unspecified atom stereocenters. The number of carboxylic acids is 1. The Balaban J connectivity index is 0.00000144. The molecule has 0 aliphatic heterocycles. The second-order valence-corrected chi connectivity index (χ2v) is 2.50. The molecule has 0 heterocycles. The number of phenols is 1. The van der Waals surface area contributed by atoms with Crippen LogP contribution in [0.4, 0.5) is 5.69 Å². The van der Waals surface area contributed by atoms with E-state index < -0.39 is 5.97 Å². The van der Waals surface area contributed by atoms with Gasteiger partial charge in [-0.1, -0.05) is 6.07 Å². The number of rotatable bonds is 2. The lowest BCUT2D eigenvalue weighted by molar-refractivity contribution is 0.0697. The van der Waals surface area contributed by atoms with Crippen molar-refractivity contribution in [1.82, 2.24) is 0 Å². The van der Waals surface area contributed by atoms with Crippen molar-refractivity contribution in [2.75, 3.05) is 4.34 Å². The number of hydrogen-bond acceptors (Lipinski definition) is 3. The first-order chi connectivity index (χ1) is 5.66. The largest absolute Gasteiger partial charge is 0.506 e. The first-order valence-electron chi connectivity index (χ1n) is 3.08. The lowest BCUT2D eigenvalue weighted by atomic mass is 10.2. The molecule has 0 aliphatic rings. The van der Waals surface area contributed by atoms with E-state index in [1.54, 1.807) is 0 Å². The Kier molecular flexibility index (Phi) is 4.58. The number of benzene rings is 1. The van der Waals surface area contributed by atoms with Gasteiger partial charge in [0.1, 0.15) is 11.4 Å². The molecule has 0 atom stereocenters. The molecule has 0 spiro atoms. The maximum absolute atomic E-state index is 10.6. The Bertz CT molecular complexity index is 319. The summed E-state index contributed by atoms with van der Waals surface area (Å²) in [4.78, 5) is 10.6. The molecule has 0 saturated heterocycles. The van der Waals surface area contributed by atoms with Crippen molar-refractivity contribution in [1.29, 1.82) is 0 Å². The Morgan fingerprint density at radius 2 is 2.08 bits per heavy atom. The summed E-state index contributed by atoms with van der Waals surface area (Å²) in [6, 6.07) is 4.26. The van der Waals surface area contributed by atoms with Gasteiger partial charge in [-0.3, -0.25) is 0 Å². The summed E-state index contributed by atoms with van der Waals surface area (Å²) in [5, 5.41) is 17.8. The molecule has 0 radical (unpaired) electrons. The third-order valence-electron chi connectivity index (χ3n) is 1.37. The predicted octanol–water partition coefficient (Wildman–Crippen LogP) is 2.23. The van der Waals surface area contributed by atoms with Crippen LogP contribution in [0.25, 0.3) is 0 Å². The van der Waals surface area contributed by atoms with E-state index in [9.17, 15) is 9.90 Å². The number of phenolic OH excluding ortho intramolecular Hbond substituents is 1. The van der Waals surface area contributed by atoms with Crippen LogP contribution in [-0.4, -0.2) is 16.2 Å². The monoisotopic (exact) mass is 267 g/mol. The van der Waals surface area contributed by atoms with Gasteiger partial charge < -0.3 is 14.6 Å². The standard InChI is InChI=1S/C7H6BrNO3.ClH/c8-9-6-4(7(11)12)2-1-3-5(6)10;/h1-3,9-10H,(H,11,12);1H. The summed E-state index contributed by atoms with van der Waals surface area (Å²) in [6.45, 7) is 0. The fourth-order valence-electron chi connectivity index (χ4n) is 0.818. The number of para-hydroxylation sites is 1. The zero-order valence-electron chi connectivity index (χ0n) is 6.32. The minimum absolute atomic E-state index is 0. The van der Waals surface area contributed by atoms with Gasteiger partial charge in [0.05, 0.1) is 5.56 Å². The minimum Gasteiger partial charge on any atom is -0.506 e. The Morgan fingerprint density at radius 3 is 2.46 bits per heavy atom. The molecule has 0 saturated carbocycles. The van der Waals surface area contributed by atoms with Gasteiger partial charge in [0.15, 0.2) is 0 Å². The highest BCUT2D eigenvalue weighted by molar-refractivity contribution is 9.10.